The van der Waals surface area contributed by atoms with Crippen molar-refractivity contribution in [2.24, 2.45) is 0 Å². The van der Waals surface area contributed by atoms with Crippen molar-refractivity contribution < 1.29 is 18.7 Å². The number of hydrogen-bond donors (Lipinski definition) is 0. The number of nitrogens with zero attached hydrogens (tertiary/aromatic N) is 5. The first-order valence-corrected chi connectivity index (χ1v) is 12.1. The molecule has 0 aliphatic carbocycles. The number of benzene rings is 2. The minimum absolute atomic E-state index is 0.106. The summed E-state index contributed by atoms with van der Waals surface area (Å²) in [6.07, 6.45) is 5.61. The molecule has 0 atom stereocenters. The summed E-state index contributed by atoms with van der Waals surface area (Å²) in [6, 6.07) is 13.8. The molecule has 0 radical (unpaired) electrons. The van der Waals surface area contributed by atoms with Crippen LogP contribution in [0.4, 0.5) is 9.18 Å². The van der Waals surface area contributed by atoms with Gasteiger partial charge in [0.1, 0.15) is 17.1 Å². The zero-order chi connectivity index (χ0) is 25.3. The van der Waals surface area contributed by atoms with Crippen LogP contribution in [0, 0.1) is 5.82 Å². The molecule has 2 fully saturated rings. The summed E-state index contributed by atoms with van der Waals surface area (Å²) in [5.41, 5.74) is 2.15. The van der Waals surface area contributed by atoms with Crippen molar-refractivity contribution in [2.45, 2.75) is 31.3 Å². The van der Waals surface area contributed by atoms with Gasteiger partial charge in [-0.25, -0.2) is 13.9 Å². The maximum Gasteiger partial charge on any atom is 0.327 e. The standard InChI is InChI=1S/C27H30FN5O3/c1-30-25(34)27(32(26(30)35)14-11-20-3-9-24(36-2)10-4-20)12-15-31(16-13-27)18-21-17-29-33(19-21)23-7-5-22(28)6-8-23/h3-10,17,19H,11-16,18H2,1-2H3. The Hall–Kier alpha value is -3.72. The molecule has 3 amide bonds. The van der Waals surface area contributed by atoms with Crippen molar-refractivity contribution in [3.8, 4) is 11.4 Å². The van der Waals surface area contributed by atoms with E-state index in [1.807, 2.05) is 36.7 Å². The van der Waals surface area contributed by atoms with Gasteiger partial charge in [0.05, 0.1) is 19.0 Å². The summed E-state index contributed by atoms with van der Waals surface area (Å²) < 4.78 is 20.2. The number of likely N-dealkylation sites (N-methyl/N-ethyl adjacent to an activating group) is 1. The van der Waals surface area contributed by atoms with E-state index in [9.17, 15) is 14.0 Å². The number of rotatable bonds is 7. The minimum Gasteiger partial charge on any atom is -0.497 e. The average Bonchev–Trinajstić information content (AvgIpc) is 3.43. The van der Waals surface area contributed by atoms with Crippen LogP contribution in [0.3, 0.4) is 0 Å². The van der Waals surface area contributed by atoms with Crippen LogP contribution in [0.25, 0.3) is 5.69 Å². The molecule has 2 aliphatic rings. The normalized spacial score (nSPS) is 17.9. The first-order valence-electron chi connectivity index (χ1n) is 12.1. The molecular weight excluding hydrogens is 461 g/mol. The molecule has 5 rings (SSSR count). The Morgan fingerprint density at radius 1 is 1.00 bits per heavy atom. The maximum absolute atomic E-state index is 13.2. The Balaban J connectivity index is 1.23. The maximum atomic E-state index is 13.2. The molecule has 2 aliphatic heterocycles. The SMILES string of the molecule is COc1ccc(CCN2C(=O)N(C)C(=O)C23CCN(Cc2cnn(-c4ccc(F)cc4)c2)CC3)cc1. The number of amides is 3. The van der Waals surface area contributed by atoms with Gasteiger partial charge in [-0.2, -0.15) is 5.10 Å². The minimum atomic E-state index is -0.785. The van der Waals surface area contributed by atoms with Crippen LogP contribution in [0.2, 0.25) is 0 Å². The van der Waals surface area contributed by atoms with Crippen LogP contribution in [0.1, 0.15) is 24.0 Å². The van der Waals surface area contributed by atoms with Crippen molar-refractivity contribution in [1.82, 2.24) is 24.5 Å². The summed E-state index contributed by atoms with van der Waals surface area (Å²) in [5, 5.41) is 4.41. The van der Waals surface area contributed by atoms with Gasteiger partial charge in [-0.05, 0) is 61.2 Å². The molecule has 2 aromatic carbocycles. The number of carbonyl (C=O) groups excluding carboxylic acids is 2. The van der Waals surface area contributed by atoms with Gasteiger partial charge in [-0.1, -0.05) is 12.1 Å². The molecule has 9 heteroatoms. The van der Waals surface area contributed by atoms with Gasteiger partial charge in [0, 0.05) is 45.0 Å². The van der Waals surface area contributed by atoms with Gasteiger partial charge in [-0.15, -0.1) is 0 Å². The molecule has 0 bridgehead atoms. The van der Waals surface area contributed by atoms with Gasteiger partial charge in [0.15, 0.2) is 0 Å². The summed E-state index contributed by atoms with van der Waals surface area (Å²) in [4.78, 5) is 31.6. The highest BCUT2D eigenvalue weighted by Crippen LogP contribution is 2.37. The first-order chi connectivity index (χ1) is 17.4. The number of ether oxygens (including phenoxy) is 1. The highest BCUT2D eigenvalue weighted by atomic mass is 19.1. The van der Waals surface area contributed by atoms with Gasteiger partial charge in [-0.3, -0.25) is 14.6 Å². The number of likely N-dealkylation sites (tertiary alicyclic amines) is 1. The third-order valence-corrected chi connectivity index (χ3v) is 7.34. The number of carbonyl (C=O) groups is 2. The number of imide groups is 1. The van der Waals surface area contributed by atoms with E-state index < -0.39 is 5.54 Å². The molecule has 2 saturated heterocycles. The van der Waals surface area contributed by atoms with Crippen molar-refractivity contribution in [3.63, 3.8) is 0 Å². The molecule has 36 heavy (non-hydrogen) atoms. The molecule has 0 saturated carbocycles. The van der Waals surface area contributed by atoms with Crippen molar-refractivity contribution >= 4 is 11.9 Å². The quantitative estimate of drug-likeness (QED) is 0.473. The lowest BCUT2D eigenvalue weighted by atomic mass is 9.85. The number of methoxy groups -OCH3 is 1. The van der Waals surface area contributed by atoms with E-state index in [4.69, 9.17) is 4.74 Å². The highest BCUT2D eigenvalue weighted by Gasteiger charge is 2.56. The zero-order valence-electron chi connectivity index (χ0n) is 20.6. The first kappa shape index (κ1) is 24.0. The fourth-order valence-corrected chi connectivity index (χ4v) is 5.22. The van der Waals surface area contributed by atoms with Crippen molar-refractivity contribution in [2.75, 3.05) is 33.8 Å². The summed E-state index contributed by atoms with van der Waals surface area (Å²) >= 11 is 0. The predicted octanol–water partition coefficient (Wildman–Crippen LogP) is 3.49. The van der Waals surface area contributed by atoms with Crippen LogP contribution in [0.5, 0.6) is 5.75 Å². The molecule has 1 spiro atoms. The van der Waals surface area contributed by atoms with E-state index in [1.54, 1.807) is 35.9 Å². The second kappa shape index (κ2) is 9.73. The molecule has 0 unspecified atom stereocenters. The lowest BCUT2D eigenvalue weighted by Gasteiger charge is -2.42. The number of aromatic nitrogens is 2. The van der Waals surface area contributed by atoms with Gasteiger partial charge in [0.25, 0.3) is 5.91 Å². The summed E-state index contributed by atoms with van der Waals surface area (Å²) in [5.74, 6) is 0.404. The number of urea groups is 1. The Labute approximate surface area is 209 Å². The predicted molar refractivity (Wildman–Crippen MR) is 132 cm³/mol. The topological polar surface area (TPSA) is 70.9 Å². The Morgan fingerprint density at radius 3 is 2.36 bits per heavy atom. The van der Waals surface area contributed by atoms with E-state index in [1.165, 1.54) is 17.0 Å². The second-order valence-electron chi connectivity index (χ2n) is 9.47. The van der Waals surface area contributed by atoms with E-state index >= 15 is 0 Å². The lowest BCUT2D eigenvalue weighted by molar-refractivity contribution is -0.134. The van der Waals surface area contributed by atoms with E-state index in [2.05, 4.69) is 10.00 Å². The fraction of sp³-hybridized carbons (Fsp3) is 0.370. The Morgan fingerprint density at radius 2 is 1.69 bits per heavy atom. The smallest absolute Gasteiger partial charge is 0.327 e. The number of halogens is 1. The van der Waals surface area contributed by atoms with Gasteiger partial charge >= 0.3 is 6.03 Å². The van der Waals surface area contributed by atoms with Gasteiger partial charge in [0.2, 0.25) is 0 Å². The highest BCUT2D eigenvalue weighted by molar-refractivity contribution is 6.06. The molecule has 3 heterocycles. The van der Waals surface area contributed by atoms with Crippen LogP contribution in [0.15, 0.2) is 60.9 Å². The number of piperidine rings is 1. The molecule has 3 aromatic rings. The lowest BCUT2D eigenvalue weighted by Crippen LogP contribution is -2.56. The van der Waals surface area contributed by atoms with E-state index in [0.29, 0.717) is 45.4 Å². The molecular formula is C27H30FN5O3. The molecule has 8 nitrogen and oxygen atoms in total. The van der Waals surface area contributed by atoms with E-state index in [-0.39, 0.29) is 17.8 Å². The van der Waals surface area contributed by atoms with Crippen molar-refractivity contribution in [1.29, 1.82) is 0 Å². The van der Waals surface area contributed by atoms with Crippen molar-refractivity contribution in [3.05, 3.63) is 77.9 Å². The molecule has 1 aromatic heterocycles. The number of hydrogen-bond acceptors (Lipinski definition) is 5. The second-order valence-corrected chi connectivity index (χ2v) is 9.47. The van der Waals surface area contributed by atoms with Crippen LogP contribution in [-0.2, 0) is 17.8 Å². The third kappa shape index (κ3) is 4.46. The Bertz CT molecular complexity index is 1230. The van der Waals surface area contributed by atoms with E-state index in [0.717, 1.165) is 22.6 Å². The average molecular weight is 492 g/mol. The van der Waals surface area contributed by atoms with Crippen LogP contribution in [-0.4, -0.2) is 75.7 Å². The summed E-state index contributed by atoms with van der Waals surface area (Å²) in [6.45, 7) is 2.59. The third-order valence-electron chi connectivity index (χ3n) is 7.34. The fourth-order valence-electron chi connectivity index (χ4n) is 5.22. The molecule has 188 valence electrons. The monoisotopic (exact) mass is 491 g/mol. The van der Waals surface area contributed by atoms with Crippen LogP contribution < -0.4 is 4.74 Å². The largest absolute Gasteiger partial charge is 0.497 e. The van der Waals surface area contributed by atoms with Crippen LogP contribution >= 0.6 is 0 Å². The summed E-state index contributed by atoms with van der Waals surface area (Å²) in [7, 11) is 3.21. The Kier molecular flexibility index (Phi) is 6.49. The van der Waals surface area contributed by atoms with Gasteiger partial charge < -0.3 is 9.64 Å². The molecule has 0 N–H and O–H groups in total. The zero-order valence-corrected chi connectivity index (χ0v) is 20.6.